The third-order valence-electron chi connectivity index (χ3n) is 6.58. The zero-order valence-corrected chi connectivity index (χ0v) is 18.4. The van der Waals surface area contributed by atoms with Crippen molar-refractivity contribution in [2.75, 3.05) is 13.2 Å². The molecule has 0 radical (unpaired) electrons. The van der Waals surface area contributed by atoms with E-state index in [1.807, 2.05) is 84.9 Å². The Kier molecular flexibility index (Phi) is 6.22. The summed E-state index contributed by atoms with van der Waals surface area (Å²) in [5.41, 5.74) is 3.68. The second kappa shape index (κ2) is 9.59. The van der Waals surface area contributed by atoms with E-state index in [2.05, 4.69) is 0 Å². The summed E-state index contributed by atoms with van der Waals surface area (Å²) < 4.78 is 11.4. The van der Waals surface area contributed by atoms with Crippen molar-refractivity contribution >= 4 is 11.9 Å². The van der Waals surface area contributed by atoms with Gasteiger partial charge in [-0.3, -0.25) is 9.69 Å². The van der Waals surface area contributed by atoms with Crippen LogP contribution >= 0.6 is 0 Å². The average Bonchev–Trinajstić information content (AvgIpc) is 2.87. The average molecular weight is 442 g/mol. The van der Waals surface area contributed by atoms with E-state index in [9.17, 15) is 9.59 Å². The molecule has 5 rings (SSSR count). The number of carbonyl (C=O) groups excluding carboxylic acids is 2. The molecule has 2 aliphatic heterocycles. The van der Waals surface area contributed by atoms with E-state index >= 15 is 0 Å². The Bertz CT molecular complexity index is 1100. The van der Waals surface area contributed by atoms with Gasteiger partial charge in [0.05, 0.1) is 25.3 Å². The number of hydrogen-bond acceptors (Lipinski definition) is 4. The van der Waals surface area contributed by atoms with Crippen molar-refractivity contribution in [2.45, 2.75) is 31.5 Å². The number of carbonyl (C=O) groups is 2. The third-order valence-corrected chi connectivity index (χ3v) is 6.58. The number of ketones is 1. The molecule has 0 aliphatic carbocycles. The first-order chi connectivity index (χ1) is 16.2. The van der Waals surface area contributed by atoms with Crippen LogP contribution in [0.5, 0.6) is 0 Å². The van der Waals surface area contributed by atoms with Crippen LogP contribution in [0, 0.1) is 5.92 Å². The molecule has 0 saturated carbocycles. The van der Waals surface area contributed by atoms with Crippen LogP contribution in [0.15, 0.2) is 84.9 Å². The predicted octanol–water partition coefficient (Wildman–Crippen LogP) is 5.35. The van der Waals surface area contributed by atoms with Gasteiger partial charge in [-0.1, -0.05) is 84.9 Å². The highest BCUT2D eigenvalue weighted by molar-refractivity contribution is 6.03. The summed E-state index contributed by atoms with van der Waals surface area (Å²) in [5.74, 6) is -0.00408. The van der Waals surface area contributed by atoms with Gasteiger partial charge in [0, 0.05) is 11.5 Å². The van der Waals surface area contributed by atoms with Gasteiger partial charge in [0.25, 0.3) is 0 Å². The zero-order valence-electron chi connectivity index (χ0n) is 18.4. The van der Waals surface area contributed by atoms with Gasteiger partial charge < -0.3 is 9.47 Å². The molecular weight excluding hydrogens is 414 g/mol. The third kappa shape index (κ3) is 4.55. The molecule has 0 N–H and O–H groups in total. The van der Waals surface area contributed by atoms with E-state index < -0.39 is 0 Å². The molecule has 2 bridgehead atoms. The van der Waals surface area contributed by atoms with E-state index in [4.69, 9.17) is 9.47 Å². The molecular formula is C28H27NO4. The van der Waals surface area contributed by atoms with E-state index in [0.717, 1.165) is 22.3 Å². The highest BCUT2D eigenvalue weighted by atomic mass is 16.6. The van der Waals surface area contributed by atoms with Gasteiger partial charge in [-0.05, 0) is 29.5 Å². The quantitative estimate of drug-likeness (QED) is 0.501. The van der Waals surface area contributed by atoms with Crippen LogP contribution < -0.4 is 0 Å². The summed E-state index contributed by atoms with van der Waals surface area (Å²) in [7, 11) is 0. The van der Waals surface area contributed by atoms with Crippen LogP contribution in [0.4, 0.5) is 4.79 Å². The largest absolute Gasteiger partial charge is 0.445 e. The van der Waals surface area contributed by atoms with Crippen molar-refractivity contribution in [1.29, 1.82) is 0 Å². The SMILES string of the molecule is O=C(c1ccccc1-c1ccccc1)C1CC2COCC(C1)N2C(=O)OCc1ccccc1. The standard InChI is InChI=1S/C28H27NO4/c30-27(26-14-8-7-13-25(26)21-11-5-2-6-12-21)22-15-23-18-32-19-24(16-22)29(23)28(31)33-17-20-9-3-1-4-10-20/h1-14,22-24H,15-19H2. The molecule has 2 saturated heterocycles. The molecule has 0 spiro atoms. The molecule has 33 heavy (non-hydrogen) atoms. The summed E-state index contributed by atoms with van der Waals surface area (Å²) in [6.07, 6.45) is 0.838. The fourth-order valence-corrected chi connectivity index (χ4v) is 5.01. The molecule has 3 aromatic carbocycles. The lowest BCUT2D eigenvalue weighted by atomic mass is 9.79. The maximum atomic E-state index is 13.6. The number of nitrogens with zero attached hydrogens (tertiary/aromatic N) is 1. The van der Waals surface area contributed by atoms with E-state index in [-0.39, 0.29) is 36.5 Å². The Hall–Kier alpha value is -3.44. The van der Waals surface area contributed by atoms with Crippen LogP contribution in [-0.4, -0.2) is 42.1 Å². The molecule has 2 fully saturated rings. The topological polar surface area (TPSA) is 55.8 Å². The molecule has 3 aromatic rings. The number of amides is 1. The molecule has 168 valence electrons. The second-order valence-corrected chi connectivity index (χ2v) is 8.74. The number of Topliss-reactive ketones (excluding diaryl/α,β-unsaturated/α-hetero) is 1. The van der Waals surface area contributed by atoms with Gasteiger partial charge in [-0.25, -0.2) is 4.79 Å². The number of benzene rings is 3. The first kappa shape index (κ1) is 21.4. The molecule has 2 unspecified atom stereocenters. The maximum absolute atomic E-state index is 13.6. The molecule has 0 aromatic heterocycles. The number of hydrogen-bond donors (Lipinski definition) is 0. The van der Waals surface area contributed by atoms with Gasteiger partial charge in [-0.15, -0.1) is 0 Å². The van der Waals surface area contributed by atoms with Crippen LogP contribution in [0.25, 0.3) is 11.1 Å². The molecule has 5 heteroatoms. The van der Waals surface area contributed by atoms with Crippen LogP contribution in [0.1, 0.15) is 28.8 Å². The van der Waals surface area contributed by atoms with E-state index in [1.54, 1.807) is 4.90 Å². The highest BCUT2D eigenvalue weighted by Gasteiger charge is 2.44. The Morgan fingerprint density at radius 3 is 2.12 bits per heavy atom. The first-order valence-electron chi connectivity index (χ1n) is 11.5. The first-order valence-corrected chi connectivity index (χ1v) is 11.5. The fourth-order valence-electron chi connectivity index (χ4n) is 5.01. The van der Waals surface area contributed by atoms with Gasteiger partial charge in [0.15, 0.2) is 5.78 Å². The molecule has 5 nitrogen and oxygen atoms in total. The Balaban J connectivity index is 1.31. The summed E-state index contributed by atoms with van der Waals surface area (Å²) in [6.45, 7) is 1.10. The summed E-state index contributed by atoms with van der Waals surface area (Å²) in [6, 6.07) is 27.2. The minimum absolute atomic E-state index is 0.142. The van der Waals surface area contributed by atoms with Gasteiger partial charge in [0.1, 0.15) is 6.61 Å². The van der Waals surface area contributed by atoms with Crippen molar-refractivity contribution in [3.63, 3.8) is 0 Å². The summed E-state index contributed by atoms with van der Waals surface area (Å²) in [5, 5.41) is 0. The number of ether oxygens (including phenoxy) is 2. The van der Waals surface area contributed by atoms with Crippen molar-refractivity contribution in [3.05, 3.63) is 96.1 Å². The highest BCUT2D eigenvalue weighted by Crippen LogP contribution is 2.36. The fraction of sp³-hybridized carbons (Fsp3) is 0.286. The molecule has 1 amide bonds. The van der Waals surface area contributed by atoms with Crippen LogP contribution in [-0.2, 0) is 16.1 Å². The van der Waals surface area contributed by atoms with Crippen LogP contribution in [0.2, 0.25) is 0 Å². The Morgan fingerprint density at radius 2 is 1.42 bits per heavy atom. The second-order valence-electron chi connectivity index (χ2n) is 8.74. The number of fused-ring (bicyclic) bond motifs is 2. The van der Waals surface area contributed by atoms with Crippen LogP contribution in [0.3, 0.4) is 0 Å². The van der Waals surface area contributed by atoms with Crippen molar-refractivity contribution in [2.24, 2.45) is 5.92 Å². The van der Waals surface area contributed by atoms with Crippen molar-refractivity contribution < 1.29 is 19.1 Å². The number of rotatable bonds is 5. The van der Waals surface area contributed by atoms with Gasteiger partial charge in [0.2, 0.25) is 0 Å². The smallest absolute Gasteiger partial charge is 0.410 e. The van der Waals surface area contributed by atoms with E-state index in [0.29, 0.717) is 26.1 Å². The molecule has 2 atom stereocenters. The summed E-state index contributed by atoms with van der Waals surface area (Å²) in [4.78, 5) is 28.4. The lowest BCUT2D eigenvalue weighted by molar-refractivity contribution is -0.0755. The monoisotopic (exact) mass is 441 g/mol. The summed E-state index contributed by atoms with van der Waals surface area (Å²) >= 11 is 0. The Morgan fingerprint density at radius 1 is 0.818 bits per heavy atom. The normalized spacial score (nSPS) is 21.9. The zero-order chi connectivity index (χ0) is 22.6. The lowest BCUT2D eigenvalue weighted by Crippen LogP contribution is -2.59. The number of morpholine rings is 1. The Labute approximate surface area is 193 Å². The lowest BCUT2D eigenvalue weighted by Gasteiger charge is -2.47. The maximum Gasteiger partial charge on any atom is 0.410 e. The molecule has 2 heterocycles. The molecule has 2 aliphatic rings. The minimum atomic E-state index is -0.326. The van der Waals surface area contributed by atoms with E-state index in [1.165, 1.54) is 0 Å². The minimum Gasteiger partial charge on any atom is -0.445 e. The van der Waals surface area contributed by atoms with Gasteiger partial charge >= 0.3 is 6.09 Å². The van der Waals surface area contributed by atoms with Gasteiger partial charge in [-0.2, -0.15) is 0 Å². The predicted molar refractivity (Wildman–Crippen MR) is 126 cm³/mol. The number of piperidine rings is 1. The van der Waals surface area contributed by atoms with Crippen molar-refractivity contribution in [3.8, 4) is 11.1 Å². The van der Waals surface area contributed by atoms with Crippen molar-refractivity contribution in [1.82, 2.24) is 4.90 Å².